The lowest BCUT2D eigenvalue weighted by atomic mass is 10.0. The van der Waals surface area contributed by atoms with Gasteiger partial charge in [0.25, 0.3) is 0 Å². The van der Waals surface area contributed by atoms with Gasteiger partial charge in [0, 0.05) is 13.2 Å². The SMILES string of the molecule is C(OCC1CO1)C1CO1.CCCCCCCCCCCCCCCCC(F)CCCCCCCCOCCCCCCCCC(F)CCCCCCCCCCCCCCCC. The molecule has 0 amide bonds. The third kappa shape index (κ3) is 50.7. The Morgan fingerprint density at radius 2 is 0.532 bits per heavy atom. The van der Waals surface area contributed by atoms with Crippen LogP contribution in [0.4, 0.5) is 8.78 Å². The Morgan fingerprint density at radius 1 is 0.323 bits per heavy atom. The van der Waals surface area contributed by atoms with E-state index in [0.29, 0.717) is 12.2 Å². The molecule has 0 aromatic heterocycles. The van der Waals surface area contributed by atoms with Crippen molar-refractivity contribution in [2.45, 2.75) is 321 Å². The molecule has 0 bridgehead atoms. The van der Waals surface area contributed by atoms with Crippen LogP contribution in [0.15, 0.2) is 0 Å². The molecule has 0 saturated carbocycles. The number of halogens is 2. The first-order chi connectivity index (χ1) is 30.7. The number of unbranched alkanes of at least 4 members (excludes halogenated alkanes) is 36. The zero-order valence-corrected chi connectivity index (χ0v) is 42.1. The van der Waals surface area contributed by atoms with Gasteiger partial charge >= 0.3 is 0 Å². The summed E-state index contributed by atoms with van der Waals surface area (Å²) >= 11 is 0. The van der Waals surface area contributed by atoms with Crippen LogP contribution in [0.1, 0.15) is 296 Å². The van der Waals surface area contributed by atoms with Crippen molar-refractivity contribution in [3.8, 4) is 0 Å². The molecule has 2 aliphatic heterocycles. The number of alkyl halides is 2. The van der Waals surface area contributed by atoms with E-state index in [9.17, 15) is 8.78 Å². The third-order valence-corrected chi connectivity index (χ3v) is 13.3. The summed E-state index contributed by atoms with van der Waals surface area (Å²) in [5.41, 5.74) is 0. The molecule has 0 aromatic carbocycles. The Balaban J connectivity index is 0.00000185. The molecule has 2 heterocycles. The Hall–Kier alpha value is -0.300. The smallest absolute Gasteiger partial charge is 0.104 e. The summed E-state index contributed by atoms with van der Waals surface area (Å²) in [4.78, 5) is 0. The van der Waals surface area contributed by atoms with Gasteiger partial charge in [0.05, 0.1) is 26.4 Å². The highest BCUT2D eigenvalue weighted by atomic mass is 19.1. The van der Waals surface area contributed by atoms with Gasteiger partial charge in [-0.2, -0.15) is 0 Å². The Labute approximate surface area is 387 Å². The van der Waals surface area contributed by atoms with Crippen molar-refractivity contribution in [2.24, 2.45) is 0 Å². The molecular weight excluding hydrogens is 775 g/mol. The number of rotatable bonds is 52. The monoisotopic (exact) mass is 885 g/mol. The van der Waals surface area contributed by atoms with Gasteiger partial charge in [-0.1, -0.05) is 258 Å². The third-order valence-electron chi connectivity index (χ3n) is 13.3. The average molecular weight is 885 g/mol. The van der Waals surface area contributed by atoms with Gasteiger partial charge < -0.3 is 18.9 Å². The molecule has 4 atom stereocenters. The van der Waals surface area contributed by atoms with E-state index < -0.39 is 12.3 Å². The molecule has 6 heteroatoms. The molecule has 0 aromatic rings. The second-order valence-electron chi connectivity index (χ2n) is 19.8. The van der Waals surface area contributed by atoms with Gasteiger partial charge in [-0.15, -0.1) is 0 Å². The van der Waals surface area contributed by atoms with E-state index in [0.717, 1.165) is 104 Å². The molecular formula is C56H110F2O4. The lowest BCUT2D eigenvalue weighted by Crippen LogP contribution is -2.06. The van der Waals surface area contributed by atoms with Crippen molar-refractivity contribution >= 4 is 0 Å². The van der Waals surface area contributed by atoms with E-state index in [4.69, 9.17) is 18.9 Å². The summed E-state index contributed by atoms with van der Waals surface area (Å²) < 4.78 is 49.5. The van der Waals surface area contributed by atoms with Crippen LogP contribution in [0.2, 0.25) is 0 Å². The van der Waals surface area contributed by atoms with E-state index in [-0.39, 0.29) is 0 Å². The summed E-state index contributed by atoms with van der Waals surface area (Å²) in [6, 6.07) is 0. The summed E-state index contributed by atoms with van der Waals surface area (Å²) in [6.45, 7) is 9.62. The van der Waals surface area contributed by atoms with Crippen LogP contribution in [0.25, 0.3) is 0 Å². The highest BCUT2D eigenvalue weighted by Crippen LogP contribution is 2.20. The zero-order chi connectivity index (χ0) is 44.5. The maximum Gasteiger partial charge on any atom is 0.104 e. The van der Waals surface area contributed by atoms with Gasteiger partial charge in [0.2, 0.25) is 0 Å². The predicted octanol–water partition coefficient (Wildman–Crippen LogP) is 18.7. The number of epoxide rings is 2. The van der Waals surface area contributed by atoms with Crippen molar-refractivity contribution in [3.05, 3.63) is 0 Å². The van der Waals surface area contributed by atoms with Crippen molar-refractivity contribution < 1.29 is 27.7 Å². The average Bonchev–Trinajstić information content (AvgIpc) is 4.23. The largest absolute Gasteiger partial charge is 0.381 e. The van der Waals surface area contributed by atoms with Crippen molar-refractivity contribution in [3.63, 3.8) is 0 Å². The number of hydrogen-bond donors (Lipinski definition) is 0. The molecule has 4 nitrogen and oxygen atoms in total. The topological polar surface area (TPSA) is 43.5 Å². The second-order valence-corrected chi connectivity index (χ2v) is 19.8. The molecule has 4 unspecified atom stereocenters. The molecule has 0 aliphatic carbocycles. The van der Waals surface area contributed by atoms with E-state index in [1.165, 1.54) is 218 Å². The van der Waals surface area contributed by atoms with E-state index in [1.807, 2.05) is 0 Å². The normalized spacial score (nSPS) is 16.6. The minimum Gasteiger partial charge on any atom is -0.381 e. The van der Waals surface area contributed by atoms with E-state index >= 15 is 0 Å². The quantitative estimate of drug-likeness (QED) is 0.0451. The van der Waals surface area contributed by atoms with Crippen LogP contribution in [-0.4, -0.2) is 64.2 Å². The predicted molar refractivity (Wildman–Crippen MR) is 265 cm³/mol. The lowest BCUT2D eigenvalue weighted by Gasteiger charge is -2.09. The maximum absolute atomic E-state index is 14.3. The molecule has 0 radical (unpaired) electrons. The molecule has 62 heavy (non-hydrogen) atoms. The Kier molecular flexibility index (Phi) is 48.3. The van der Waals surface area contributed by atoms with Gasteiger partial charge in [0.15, 0.2) is 0 Å². The van der Waals surface area contributed by atoms with E-state index in [2.05, 4.69) is 13.8 Å². The fourth-order valence-electron chi connectivity index (χ4n) is 8.73. The van der Waals surface area contributed by atoms with Crippen molar-refractivity contribution in [2.75, 3.05) is 39.6 Å². The Bertz CT molecular complexity index is 760. The van der Waals surface area contributed by atoms with Crippen molar-refractivity contribution in [1.29, 1.82) is 0 Å². The molecule has 2 fully saturated rings. The van der Waals surface area contributed by atoms with Crippen LogP contribution in [0, 0.1) is 0 Å². The van der Waals surface area contributed by atoms with Gasteiger partial charge in [0.1, 0.15) is 24.6 Å². The molecule has 0 N–H and O–H groups in total. The summed E-state index contributed by atoms with van der Waals surface area (Å²) in [7, 11) is 0. The van der Waals surface area contributed by atoms with Crippen LogP contribution in [0.5, 0.6) is 0 Å². The summed E-state index contributed by atoms with van der Waals surface area (Å²) in [6.07, 6.45) is 55.2. The number of ether oxygens (including phenoxy) is 4. The first-order valence-electron chi connectivity index (χ1n) is 28.3. The Morgan fingerprint density at radius 3 is 0.758 bits per heavy atom. The first kappa shape index (κ1) is 59.7. The highest BCUT2D eigenvalue weighted by Gasteiger charge is 2.26. The molecule has 2 rings (SSSR count). The lowest BCUT2D eigenvalue weighted by molar-refractivity contribution is 0.102. The van der Waals surface area contributed by atoms with Gasteiger partial charge in [-0.25, -0.2) is 8.78 Å². The van der Waals surface area contributed by atoms with Crippen LogP contribution in [-0.2, 0) is 18.9 Å². The molecule has 0 spiro atoms. The molecule has 372 valence electrons. The van der Waals surface area contributed by atoms with Crippen LogP contribution in [0.3, 0.4) is 0 Å². The maximum atomic E-state index is 14.3. The molecule has 2 saturated heterocycles. The minimum atomic E-state index is -0.572. The van der Waals surface area contributed by atoms with Crippen LogP contribution >= 0.6 is 0 Å². The molecule has 2 aliphatic rings. The minimum absolute atomic E-state index is 0.392. The standard InChI is InChI=1S/C50H100F2O.C6H10O3/c1-3-5-7-9-11-13-15-17-19-21-23-25-31-37-43-49(51)45-39-33-27-29-35-41-47-53-48-42-36-30-28-34-40-46-50(52)44-38-32-26-24-22-20-18-16-14-12-10-8-6-4-2;1(5-3-8-5)7-2-6-4-9-6/h49-50H,3-48H2,1-2H3;5-6H,1-4H2. The number of hydrogen-bond acceptors (Lipinski definition) is 4. The van der Waals surface area contributed by atoms with Gasteiger partial charge in [-0.3, -0.25) is 0 Å². The fraction of sp³-hybridized carbons (Fsp3) is 1.00. The van der Waals surface area contributed by atoms with Crippen molar-refractivity contribution in [1.82, 2.24) is 0 Å². The summed E-state index contributed by atoms with van der Waals surface area (Å²) in [5, 5.41) is 0. The summed E-state index contributed by atoms with van der Waals surface area (Å²) in [5.74, 6) is 0. The van der Waals surface area contributed by atoms with Gasteiger partial charge in [-0.05, 0) is 38.5 Å². The first-order valence-corrected chi connectivity index (χ1v) is 28.3. The second kappa shape index (κ2) is 50.1. The fourth-order valence-corrected chi connectivity index (χ4v) is 8.73. The zero-order valence-electron chi connectivity index (χ0n) is 42.1. The van der Waals surface area contributed by atoms with Crippen LogP contribution < -0.4 is 0 Å². The van der Waals surface area contributed by atoms with E-state index in [1.54, 1.807) is 0 Å². The highest BCUT2D eigenvalue weighted by molar-refractivity contribution is 4.71.